The number of rotatable bonds is 4. The van der Waals surface area contributed by atoms with E-state index in [0.717, 1.165) is 72.8 Å². The van der Waals surface area contributed by atoms with E-state index >= 15 is 0 Å². The minimum atomic E-state index is -0.422. The zero-order valence-corrected chi connectivity index (χ0v) is 19.1. The van der Waals surface area contributed by atoms with Crippen molar-refractivity contribution >= 4 is 28.6 Å². The molecule has 2 aliphatic heterocycles. The number of benzene rings is 1. The van der Waals surface area contributed by atoms with Crippen LogP contribution in [0.4, 0.5) is 11.8 Å². The van der Waals surface area contributed by atoms with E-state index < -0.39 is 5.91 Å². The minimum Gasteiger partial charge on any atom is -0.366 e. The van der Waals surface area contributed by atoms with Crippen LogP contribution in [0.3, 0.4) is 0 Å². The molecule has 4 aromatic rings. The van der Waals surface area contributed by atoms with Crippen LogP contribution in [0.15, 0.2) is 55.1 Å². The van der Waals surface area contributed by atoms with E-state index in [1.54, 1.807) is 23.0 Å². The molecule has 9 nitrogen and oxygen atoms in total. The number of piperidine rings is 1. The number of pyridine rings is 1. The molecule has 9 heteroatoms. The van der Waals surface area contributed by atoms with Crippen LogP contribution >= 0.6 is 0 Å². The Morgan fingerprint density at radius 3 is 2.56 bits per heavy atom. The Morgan fingerprint density at radius 2 is 1.82 bits per heavy atom. The van der Waals surface area contributed by atoms with Crippen LogP contribution < -0.4 is 15.5 Å². The Hall–Kier alpha value is -4.01. The van der Waals surface area contributed by atoms with Crippen LogP contribution in [0.1, 0.15) is 23.2 Å². The van der Waals surface area contributed by atoms with Gasteiger partial charge in [0.2, 0.25) is 11.9 Å². The number of nitrogens with two attached hydrogens (primary N) is 1. The van der Waals surface area contributed by atoms with Gasteiger partial charge in [0.05, 0.1) is 11.7 Å². The number of anilines is 2. The van der Waals surface area contributed by atoms with Crippen molar-refractivity contribution in [1.82, 2.24) is 24.7 Å². The number of aryl methyl sites for hydroxylation is 1. The number of amides is 1. The Kier molecular flexibility index (Phi) is 4.72. The number of carbonyl (C=O) groups excluding carboxylic acids is 1. The third kappa shape index (κ3) is 3.63. The van der Waals surface area contributed by atoms with Gasteiger partial charge in [-0.15, -0.1) is 0 Å². The highest BCUT2D eigenvalue weighted by Crippen LogP contribution is 2.42. The largest absolute Gasteiger partial charge is 0.366 e. The minimum absolute atomic E-state index is 0.285. The summed E-state index contributed by atoms with van der Waals surface area (Å²) < 4.78 is 1.81. The van der Waals surface area contributed by atoms with Crippen molar-refractivity contribution in [3.05, 3.63) is 60.7 Å². The quantitative estimate of drug-likeness (QED) is 0.505. The number of hydrogen-bond donors (Lipinski definition) is 1. The van der Waals surface area contributed by atoms with Gasteiger partial charge in [-0.2, -0.15) is 5.10 Å². The van der Waals surface area contributed by atoms with Gasteiger partial charge >= 0.3 is 0 Å². The molecular weight excluding hydrogens is 428 g/mol. The lowest BCUT2D eigenvalue weighted by Gasteiger charge is -2.54. The number of fused-ring (bicyclic) bond motifs is 1. The zero-order chi connectivity index (χ0) is 23.3. The second kappa shape index (κ2) is 7.79. The molecule has 5 heterocycles. The first-order valence-electron chi connectivity index (χ1n) is 11.5. The number of hydrogen-bond acceptors (Lipinski definition) is 7. The van der Waals surface area contributed by atoms with E-state index in [1.165, 1.54) is 0 Å². The normalized spacial score (nSPS) is 17.2. The molecule has 1 spiro atoms. The van der Waals surface area contributed by atoms with Crippen molar-refractivity contribution in [2.24, 2.45) is 18.2 Å². The molecule has 2 aliphatic rings. The van der Waals surface area contributed by atoms with E-state index in [4.69, 9.17) is 10.7 Å². The summed E-state index contributed by atoms with van der Waals surface area (Å²) in [4.78, 5) is 30.0. The molecule has 172 valence electrons. The van der Waals surface area contributed by atoms with E-state index in [2.05, 4.69) is 43.1 Å². The zero-order valence-electron chi connectivity index (χ0n) is 19.1. The van der Waals surface area contributed by atoms with Crippen LogP contribution in [-0.2, 0) is 7.05 Å². The van der Waals surface area contributed by atoms with Crippen LogP contribution in [0.2, 0.25) is 0 Å². The summed E-state index contributed by atoms with van der Waals surface area (Å²) in [5, 5.41) is 5.31. The van der Waals surface area contributed by atoms with Crippen molar-refractivity contribution in [1.29, 1.82) is 0 Å². The van der Waals surface area contributed by atoms with Crippen molar-refractivity contribution in [2.75, 3.05) is 36.0 Å². The Morgan fingerprint density at radius 1 is 1.00 bits per heavy atom. The van der Waals surface area contributed by atoms with Gasteiger partial charge in [-0.25, -0.2) is 15.0 Å². The summed E-state index contributed by atoms with van der Waals surface area (Å²) in [5.41, 5.74) is 9.34. The number of aromatic nitrogens is 5. The van der Waals surface area contributed by atoms with E-state index in [1.807, 2.05) is 25.6 Å². The van der Waals surface area contributed by atoms with Gasteiger partial charge in [-0.1, -0.05) is 12.1 Å². The van der Waals surface area contributed by atoms with Gasteiger partial charge in [-0.3, -0.25) is 9.48 Å². The van der Waals surface area contributed by atoms with Gasteiger partial charge in [0.25, 0.3) is 0 Å². The standard InChI is InChI=1S/C25H26N8O/c1-31-14-20(13-29-31)17-2-3-19-12-28-24(30-21(19)10-17)33-15-25(16-33)5-8-32(9-6-25)22-11-18(23(26)34)4-7-27-22/h2-4,7,10-14H,5-6,8-9,15-16H2,1H3,(H2,26,34). The maximum Gasteiger partial charge on any atom is 0.248 e. The van der Waals surface area contributed by atoms with Crippen molar-refractivity contribution in [2.45, 2.75) is 12.8 Å². The second-order valence-electron chi connectivity index (χ2n) is 9.46. The first-order chi connectivity index (χ1) is 16.5. The molecule has 34 heavy (non-hydrogen) atoms. The molecule has 3 aromatic heterocycles. The summed E-state index contributed by atoms with van der Waals surface area (Å²) >= 11 is 0. The molecule has 0 aliphatic carbocycles. The molecule has 1 aromatic carbocycles. The molecule has 0 radical (unpaired) electrons. The molecule has 2 N–H and O–H groups in total. The van der Waals surface area contributed by atoms with E-state index in [0.29, 0.717) is 5.56 Å². The highest BCUT2D eigenvalue weighted by atomic mass is 16.1. The molecule has 6 rings (SSSR count). The maximum absolute atomic E-state index is 11.5. The van der Waals surface area contributed by atoms with Gasteiger partial charge in [0.1, 0.15) is 5.82 Å². The Bertz CT molecular complexity index is 1380. The highest BCUT2D eigenvalue weighted by Gasteiger charge is 2.46. The molecule has 0 unspecified atom stereocenters. The SMILES string of the molecule is Cn1cc(-c2ccc3cnc(N4CC5(CCN(c6cc(C(N)=O)ccn6)CC5)C4)nc3c2)cn1. The number of nitrogens with zero attached hydrogens (tertiary/aromatic N) is 7. The fourth-order valence-corrected chi connectivity index (χ4v) is 5.09. The van der Waals surface area contributed by atoms with Gasteiger partial charge in [0.15, 0.2) is 0 Å². The highest BCUT2D eigenvalue weighted by molar-refractivity contribution is 5.93. The summed E-state index contributed by atoms with van der Waals surface area (Å²) in [7, 11) is 1.92. The maximum atomic E-state index is 11.5. The van der Waals surface area contributed by atoms with Gasteiger partial charge < -0.3 is 15.5 Å². The Balaban J connectivity index is 1.14. The third-order valence-electron chi connectivity index (χ3n) is 7.12. The fraction of sp³-hybridized carbons (Fsp3) is 0.320. The average molecular weight is 455 g/mol. The lowest BCUT2D eigenvalue weighted by molar-refractivity contribution is 0.1000. The topological polar surface area (TPSA) is 106 Å². The predicted molar refractivity (Wildman–Crippen MR) is 131 cm³/mol. The smallest absolute Gasteiger partial charge is 0.248 e. The van der Waals surface area contributed by atoms with Crippen LogP contribution in [-0.4, -0.2) is 56.8 Å². The van der Waals surface area contributed by atoms with Crippen molar-refractivity contribution in [3.63, 3.8) is 0 Å². The summed E-state index contributed by atoms with van der Waals surface area (Å²) in [6.45, 7) is 3.75. The predicted octanol–water partition coefficient (Wildman–Crippen LogP) is 2.63. The van der Waals surface area contributed by atoms with Crippen molar-refractivity contribution in [3.8, 4) is 11.1 Å². The lowest BCUT2D eigenvalue weighted by Crippen LogP contribution is -2.61. The first-order valence-corrected chi connectivity index (χ1v) is 11.5. The number of primary amides is 1. The number of carbonyl (C=O) groups is 1. The fourth-order valence-electron chi connectivity index (χ4n) is 5.09. The molecule has 1 amide bonds. The molecule has 2 saturated heterocycles. The van der Waals surface area contributed by atoms with E-state index in [-0.39, 0.29) is 5.41 Å². The molecule has 0 bridgehead atoms. The van der Waals surface area contributed by atoms with Crippen molar-refractivity contribution < 1.29 is 4.79 Å². The third-order valence-corrected chi connectivity index (χ3v) is 7.12. The molecule has 0 atom stereocenters. The second-order valence-corrected chi connectivity index (χ2v) is 9.46. The monoisotopic (exact) mass is 454 g/mol. The molecular formula is C25H26N8O. The van der Waals surface area contributed by atoms with Crippen LogP contribution in [0.5, 0.6) is 0 Å². The van der Waals surface area contributed by atoms with Gasteiger partial charge in [-0.05, 0) is 36.6 Å². The van der Waals surface area contributed by atoms with Crippen LogP contribution in [0, 0.1) is 5.41 Å². The summed E-state index contributed by atoms with van der Waals surface area (Å²) in [5.74, 6) is 1.19. The van der Waals surface area contributed by atoms with Gasteiger partial charge in [0, 0.05) is 73.7 Å². The van der Waals surface area contributed by atoms with E-state index in [9.17, 15) is 4.79 Å². The average Bonchev–Trinajstić information content (AvgIpc) is 3.28. The summed E-state index contributed by atoms with van der Waals surface area (Å²) in [6.07, 6.45) is 9.59. The van der Waals surface area contributed by atoms with Crippen LogP contribution in [0.25, 0.3) is 22.0 Å². The summed E-state index contributed by atoms with van der Waals surface area (Å²) in [6, 6.07) is 9.71. The molecule has 0 saturated carbocycles. The lowest BCUT2D eigenvalue weighted by atomic mass is 9.72. The first kappa shape index (κ1) is 20.6. The Labute approximate surface area is 197 Å². The molecule has 2 fully saturated rings.